The topological polar surface area (TPSA) is 38.8 Å². The summed E-state index contributed by atoms with van der Waals surface area (Å²) in [6.07, 6.45) is 0. The van der Waals surface area contributed by atoms with Gasteiger partial charge in [0.1, 0.15) is 0 Å². The van der Waals surface area contributed by atoms with Gasteiger partial charge in [-0.15, -0.1) is 11.8 Å². The summed E-state index contributed by atoms with van der Waals surface area (Å²) in [6, 6.07) is 11.9. The van der Waals surface area contributed by atoms with Crippen LogP contribution in [0.25, 0.3) is 0 Å². The van der Waals surface area contributed by atoms with Crippen LogP contribution in [0.3, 0.4) is 0 Å². The van der Waals surface area contributed by atoms with Crippen molar-refractivity contribution in [1.82, 2.24) is 4.90 Å². The van der Waals surface area contributed by atoms with Crippen LogP contribution in [0.15, 0.2) is 47.4 Å². The molecule has 1 amide bonds. The summed E-state index contributed by atoms with van der Waals surface area (Å²) >= 11 is 7.25. The third-order valence-corrected chi connectivity index (χ3v) is 4.71. The molecule has 140 valence electrons. The van der Waals surface area contributed by atoms with Crippen LogP contribution in [-0.2, 0) is 11.3 Å². The summed E-state index contributed by atoms with van der Waals surface area (Å²) in [4.78, 5) is 14.8. The molecule has 0 N–H and O–H groups in total. The van der Waals surface area contributed by atoms with E-state index in [4.69, 9.17) is 16.3 Å². The molecule has 0 atom stereocenters. The number of methoxy groups -OCH3 is 1. The minimum Gasteiger partial charge on any atom is -0.493 e. The number of benzene rings is 2. The molecule has 2 rings (SSSR count). The monoisotopic (exact) mass is 401 g/mol. The predicted octanol–water partition coefficient (Wildman–Crippen LogP) is 4.70. The lowest BCUT2D eigenvalue weighted by Gasteiger charge is -2.18. The van der Waals surface area contributed by atoms with E-state index in [2.05, 4.69) is 4.74 Å². The maximum Gasteiger partial charge on any atom is 0.387 e. The number of rotatable bonds is 8. The molecule has 0 aliphatic rings. The third kappa shape index (κ3) is 6.07. The lowest BCUT2D eigenvalue weighted by atomic mass is 10.2. The van der Waals surface area contributed by atoms with Gasteiger partial charge in [-0.1, -0.05) is 17.7 Å². The Balaban J connectivity index is 1.94. The number of halogens is 3. The minimum absolute atomic E-state index is 0.0430. The minimum atomic E-state index is -2.93. The van der Waals surface area contributed by atoms with Gasteiger partial charge in [-0.3, -0.25) is 4.79 Å². The molecule has 0 unspecified atom stereocenters. The van der Waals surface area contributed by atoms with E-state index in [1.807, 2.05) is 12.1 Å². The quantitative estimate of drug-likeness (QED) is 0.601. The van der Waals surface area contributed by atoms with E-state index in [-0.39, 0.29) is 23.2 Å². The maximum atomic E-state index is 12.4. The Hall–Kier alpha value is -1.99. The molecule has 0 bridgehead atoms. The highest BCUT2D eigenvalue weighted by Gasteiger charge is 2.14. The van der Waals surface area contributed by atoms with E-state index in [0.717, 1.165) is 10.5 Å². The first kappa shape index (κ1) is 20.3. The second-order valence-electron chi connectivity index (χ2n) is 5.36. The van der Waals surface area contributed by atoms with E-state index in [0.29, 0.717) is 11.6 Å². The van der Waals surface area contributed by atoms with E-state index in [1.54, 1.807) is 36.2 Å². The van der Waals surface area contributed by atoms with E-state index < -0.39 is 6.61 Å². The normalized spacial score (nSPS) is 10.7. The Morgan fingerprint density at radius 2 is 1.88 bits per heavy atom. The molecule has 26 heavy (non-hydrogen) atoms. The zero-order chi connectivity index (χ0) is 19.1. The zero-order valence-electron chi connectivity index (χ0n) is 14.2. The van der Waals surface area contributed by atoms with Crippen molar-refractivity contribution in [2.75, 3.05) is 19.9 Å². The Bertz CT molecular complexity index is 744. The first-order valence-electron chi connectivity index (χ1n) is 7.63. The molecular weight excluding hydrogens is 384 g/mol. The number of nitrogens with zero attached hydrogens (tertiary/aromatic N) is 1. The number of ether oxygens (including phenoxy) is 2. The highest BCUT2D eigenvalue weighted by molar-refractivity contribution is 8.00. The van der Waals surface area contributed by atoms with Crippen LogP contribution in [0, 0.1) is 0 Å². The van der Waals surface area contributed by atoms with Gasteiger partial charge in [0.2, 0.25) is 5.91 Å². The molecule has 0 aliphatic heterocycles. The molecule has 2 aromatic carbocycles. The van der Waals surface area contributed by atoms with Crippen LogP contribution in [-0.4, -0.2) is 37.3 Å². The number of hydrogen-bond donors (Lipinski definition) is 0. The highest BCUT2D eigenvalue weighted by atomic mass is 35.5. The largest absolute Gasteiger partial charge is 0.493 e. The molecule has 0 heterocycles. The van der Waals surface area contributed by atoms with Crippen molar-refractivity contribution in [1.29, 1.82) is 0 Å². The highest BCUT2D eigenvalue weighted by Crippen LogP contribution is 2.30. The first-order chi connectivity index (χ1) is 12.4. The average molecular weight is 402 g/mol. The van der Waals surface area contributed by atoms with Gasteiger partial charge in [0.05, 0.1) is 12.9 Å². The number of hydrogen-bond acceptors (Lipinski definition) is 4. The van der Waals surface area contributed by atoms with Crippen molar-refractivity contribution < 1.29 is 23.0 Å². The molecule has 0 spiro atoms. The fourth-order valence-electron chi connectivity index (χ4n) is 2.15. The van der Waals surface area contributed by atoms with Crippen LogP contribution >= 0.6 is 23.4 Å². The Labute approximate surface area is 160 Å². The lowest BCUT2D eigenvalue weighted by molar-refractivity contribution is -0.127. The van der Waals surface area contributed by atoms with Crippen LogP contribution in [0.1, 0.15) is 5.56 Å². The standard InChI is InChI=1S/C18H18ClF2NO3S/c1-22(17(23)11-26-14-6-4-13(19)5-7-14)10-12-3-8-15(25-18(20)21)16(9-12)24-2/h3-9,18H,10-11H2,1-2H3. The van der Waals surface area contributed by atoms with E-state index in [1.165, 1.54) is 24.9 Å². The van der Waals surface area contributed by atoms with Crippen LogP contribution in [0.4, 0.5) is 8.78 Å². The molecule has 0 aliphatic carbocycles. The lowest BCUT2D eigenvalue weighted by Crippen LogP contribution is -2.27. The number of carbonyl (C=O) groups excluding carboxylic acids is 1. The van der Waals surface area contributed by atoms with Gasteiger partial charge in [-0.25, -0.2) is 0 Å². The summed E-state index contributed by atoms with van der Waals surface area (Å²) in [7, 11) is 3.05. The molecule has 8 heteroatoms. The van der Waals surface area contributed by atoms with Crippen LogP contribution in [0.2, 0.25) is 5.02 Å². The molecule has 0 saturated carbocycles. The fraction of sp³-hybridized carbons (Fsp3) is 0.278. The summed E-state index contributed by atoms with van der Waals surface area (Å²) in [5, 5.41) is 0.644. The van der Waals surface area contributed by atoms with Crippen molar-refractivity contribution in [3.63, 3.8) is 0 Å². The van der Waals surface area contributed by atoms with Crippen molar-refractivity contribution in [2.45, 2.75) is 18.1 Å². The second-order valence-corrected chi connectivity index (χ2v) is 6.84. The second kappa shape index (κ2) is 9.64. The van der Waals surface area contributed by atoms with Crippen LogP contribution in [0.5, 0.6) is 11.5 Å². The summed E-state index contributed by atoms with van der Waals surface area (Å²) in [6.45, 7) is -2.60. The fourth-order valence-corrected chi connectivity index (χ4v) is 3.12. The molecule has 0 fully saturated rings. The van der Waals surface area contributed by atoms with Crippen molar-refractivity contribution in [3.05, 3.63) is 53.1 Å². The van der Waals surface area contributed by atoms with Crippen molar-refractivity contribution in [3.8, 4) is 11.5 Å². The molecule has 2 aromatic rings. The SMILES string of the molecule is COc1cc(CN(C)C(=O)CSc2ccc(Cl)cc2)ccc1OC(F)F. The summed E-state index contributed by atoms with van der Waals surface area (Å²) < 4.78 is 34.2. The molecule has 0 radical (unpaired) electrons. The predicted molar refractivity (Wildman–Crippen MR) is 98.3 cm³/mol. The Morgan fingerprint density at radius 3 is 2.50 bits per heavy atom. The first-order valence-corrected chi connectivity index (χ1v) is 8.99. The van der Waals surface area contributed by atoms with E-state index in [9.17, 15) is 13.6 Å². The molecule has 0 saturated heterocycles. The van der Waals surface area contributed by atoms with Crippen molar-refractivity contribution in [2.24, 2.45) is 0 Å². The zero-order valence-corrected chi connectivity index (χ0v) is 15.8. The van der Waals surface area contributed by atoms with Crippen molar-refractivity contribution >= 4 is 29.3 Å². The molecule has 0 aromatic heterocycles. The molecule has 4 nitrogen and oxygen atoms in total. The average Bonchev–Trinajstić information content (AvgIpc) is 2.61. The number of amides is 1. The number of thioether (sulfide) groups is 1. The van der Waals surface area contributed by atoms with Crippen LogP contribution < -0.4 is 9.47 Å². The maximum absolute atomic E-state index is 12.4. The number of alkyl halides is 2. The van der Waals surface area contributed by atoms with Gasteiger partial charge in [0, 0.05) is 23.5 Å². The third-order valence-electron chi connectivity index (χ3n) is 3.47. The van der Waals surface area contributed by atoms with Gasteiger partial charge in [0.25, 0.3) is 0 Å². The van der Waals surface area contributed by atoms with Gasteiger partial charge in [-0.05, 0) is 42.0 Å². The Kier molecular flexibility index (Phi) is 7.53. The summed E-state index contributed by atoms with van der Waals surface area (Å²) in [5.74, 6) is 0.372. The smallest absolute Gasteiger partial charge is 0.387 e. The van der Waals surface area contributed by atoms with Gasteiger partial charge < -0.3 is 14.4 Å². The Morgan fingerprint density at radius 1 is 1.19 bits per heavy atom. The van der Waals surface area contributed by atoms with Gasteiger partial charge in [0.15, 0.2) is 11.5 Å². The van der Waals surface area contributed by atoms with E-state index >= 15 is 0 Å². The molecular formula is C18H18ClF2NO3S. The number of carbonyl (C=O) groups is 1. The van der Waals surface area contributed by atoms with Gasteiger partial charge in [-0.2, -0.15) is 8.78 Å². The van der Waals surface area contributed by atoms with Gasteiger partial charge >= 0.3 is 6.61 Å². The summed E-state index contributed by atoms with van der Waals surface area (Å²) in [5.41, 5.74) is 0.746.